The van der Waals surface area contributed by atoms with Crippen LogP contribution in [0.1, 0.15) is 25.3 Å². The van der Waals surface area contributed by atoms with Crippen LogP contribution < -0.4 is 14.2 Å². The van der Waals surface area contributed by atoms with Crippen LogP contribution in [0.4, 0.5) is 0 Å². The van der Waals surface area contributed by atoms with E-state index in [1.165, 1.54) is 7.11 Å². The molecule has 0 spiro atoms. The molecule has 3 aliphatic rings. The number of rotatable bonds is 4. The molecule has 1 saturated heterocycles. The van der Waals surface area contributed by atoms with Crippen LogP contribution in [-0.2, 0) is 21.4 Å². The minimum absolute atomic E-state index is 0.0595. The summed E-state index contributed by atoms with van der Waals surface area (Å²) in [5.74, 6) is 1.75. The Morgan fingerprint density at radius 2 is 1.93 bits per heavy atom. The first-order valence-corrected chi connectivity index (χ1v) is 9.40. The molecule has 1 aliphatic heterocycles. The van der Waals surface area contributed by atoms with Crippen molar-refractivity contribution >= 4 is 5.78 Å². The van der Waals surface area contributed by atoms with Gasteiger partial charge in [0.25, 0.3) is 0 Å². The highest BCUT2D eigenvalue weighted by atomic mass is 16.5. The molecule has 6 nitrogen and oxygen atoms in total. The maximum absolute atomic E-state index is 12.7. The number of hydrogen-bond acceptors (Lipinski definition) is 6. The molecule has 150 valence electrons. The highest BCUT2D eigenvalue weighted by molar-refractivity contribution is 6.05. The van der Waals surface area contributed by atoms with Gasteiger partial charge in [-0.1, -0.05) is 0 Å². The Balaban J connectivity index is 2.12. The SMILES string of the molecule is [3H][C@H]1CN(C)[C@@H]2[14CH2]Cc3cc(OC)c(OC)c(OC)c3C13C=C(OC)C(=O)C=C23. The molecular formula is C22H27NO5. The average Bonchev–Trinajstić information content (AvgIpc) is 2.83. The summed E-state index contributed by atoms with van der Waals surface area (Å²) >= 11 is 0. The summed E-state index contributed by atoms with van der Waals surface area (Å²) in [6.07, 6.45) is 4.58. The fraction of sp³-hybridized carbons (Fsp3) is 0.500. The second-order valence-corrected chi connectivity index (χ2v) is 7.42. The molecule has 2 aliphatic carbocycles. The van der Waals surface area contributed by atoms with Gasteiger partial charge in [-0.25, -0.2) is 0 Å². The van der Waals surface area contributed by atoms with Gasteiger partial charge in [-0.3, -0.25) is 9.69 Å². The number of ether oxygens (including phenoxy) is 4. The fourth-order valence-electron chi connectivity index (χ4n) is 4.90. The van der Waals surface area contributed by atoms with Crippen molar-refractivity contribution in [1.29, 1.82) is 0 Å². The molecule has 1 unspecified atom stereocenters. The molecule has 0 radical (unpaired) electrons. The maximum atomic E-state index is 12.7. The number of allylic oxidation sites excluding steroid dienone is 2. The highest BCUT2D eigenvalue weighted by Crippen LogP contribution is 2.56. The first-order valence-electron chi connectivity index (χ1n) is 9.98. The Morgan fingerprint density at radius 3 is 2.57 bits per heavy atom. The number of methoxy groups -OCH3 is 4. The molecule has 3 atom stereocenters. The number of benzene rings is 1. The van der Waals surface area contributed by atoms with Gasteiger partial charge in [-0.2, -0.15) is 0 Å². The van der Waals surface area contributed by atoms with Gasteiger partial charge in [0, 0.05) is 18.4 Å². The Labute approximate surface area is 167 Å². The third-order valence-corrected chi connectivity index (χ3v) is 6.19. The lowest BCUT2D eigenvalue weighted by Crippen LogP contribution is -2.49. The first-order chi connectivity index (χ1) is 13.9. The van der Waals surface area contributed by atoms with Gasteiger partial charge in [0.2, 0.25) is 11.5 Å². The number of likely N-dealkylation sites (tertiary alicyclic amines) is 1. The maximum Gasteiger partial charge on any atom is 0.220 e. The largest absolute Gasteiger partial charge is 0.493 e. The molecule has 1 aromatic carbocycles. The van der Waals surface area contributed by atoms with Crippen molar-refractivity contribution < 1.29 is 25.1 Å². The van der Waals surface area contributed by atoms with E-state index in [1.54, 1.807) is 27.4 Å². The summed E-state index contributed by atoms with van der Waals surface area (Å²) in [6.45, 7) is 0.570. The smallest absolute Gasteiger partial charge is 0.220 e. The zero-order chi connectivity index (χ0) is 20.9. The Hall–Kier alpha value is -2.47. The van der Waals surface area contributed by atoms with Crippen LogP contribution in [0.5, 0.6) is 17.2 Å². The van der Waals surface area contributed by atoms with E-state index in [2.05, 4.69) is 4.90 Å². The van der Waals surface area contributed by atoms with E-state index in [1.807, 2.05) is 19.2 Å². The number of aryl methyl sites for hydroxylation is 1. The van der Waals surface area contributed by atoms with E-state index in [0.29, 0.717) is 23.8 Å². The van der Waals surface area contributed by atoms with Crippen LogP contribution >= 0.6 is 0 Å². The van der Waals surface area contributed by atoms with E-state index in [0.717, 1.165) is 29.5 Å². The minimum atomic E-state index is -0.826. The lowest BCUT2D eigenvalue weighted by Gasteiger charge is -2.47. The normalized spacial score (nSPS) is 29.5. The summed E-state index contributed by atoms with van der Waals surface area (Å²) in [6, 6.07) is 2.04. The monoisotopic (exact) mass is 389 g/mol. The van der Waals surface area contributed by atoms with Gasteiger partial charge in [0.15, 0.2) is 17.3 Å². The zero-order valence-corrected chi connectivity index (χ0v) is 17.0. The van der Waals surface area contributed by atoms with Crippen molar-refractivity contribution in [3.63, 3.8) is 0 Å². The van der Waals surface area contributed by atoms with Crippen LogP contribution in [0.2, 0.25) is 0 Å². The van der Waals surface area contributed by atoms with Crippen molar-refractivity contribution in [3.05, 3.63) is 40.7 Å². The molecule has 1 aromatic rings. The number of hydrogen-bond donors (Lipinski definition) is 0. The standard InChI is InChI=1S/C22H27NO5/c1-23-9-8-22-12-18(26-3)16(24)11-14(22)15(23)7-6-13-10-17(25-2)20(27-4)21(28-5)19(13)22/h10-12,15H,6-9H2,1-5H3/t15-,22?/m1/s1/i7+2,8T/t8-,15+,22?/m0. The highest BCUT2D eigenvalue weighted by Gasteiger charge is 2.51. The number of fused-ring (bicyclic) bond motifs is 1. The molecule has 0 N–H and O–H groups in total. The van der Waals surface area contributed by atoms with E-state index in [9.17, 15) is 4.79 Å². The van der Waals surface area contributed by atoms with E-state index in [-0.39, 0.29) is 17.6 Å². The summed E-state index contributed by atoms with van der Waals surface area (Å²) in [4.78, 5) is 14.9. The number of nitrogens with zero attached hydrogens (tertiary/aromatic N) is 1. The lowest BCUT2D eigenvalue weighted by molar-refractivity contribution is -0.114. The van der Waals surface area contributed by atoms with Crippen molar-refractivity contribution in [2.75, 3.05) is 42.0 Å². The Morgan fingerprint density at radius 1 is 1.18 bits per heavy atom. The molecule has 4 rings (SSSR count). The summed E-state index contributed by atoms with van der Waals surface area (Å²) < 4.78 is 31.6. The quantitative estimate of drug-likeness (QED) is 0.789. The fourth-order valence-corrected chi connectivity index (χ4v) is 4.90. The molecule has 0 saturated carbocycles. The van der Waals surface area contributed by atoms with Crippen LogP contribution in [0.25, 0.3) is 0 Å². The van der Waals surface area contributed by atoms with Crippen LogP contribution in [0.15, 0.2) is 29.6 Å². The van der Waals surface area contributed by atoms with Crippen molar-refractivity contribution in [2.45, 2.75) is 30.7 Å². The van der Waals surface area contributed by atoms with Crippen LogP contribution in [-0.4, -0.2) is 58.8 Å². The third-order valence-electron chi connectivity index (χ3n) is 6.19. The number of likely N-dealkylation sites (N-methyl/N-ethyl adjacent to an activating group) is 1. The van der Waals surface area contributed by atoms with Crippen LogP contribution in [0, 0.1) is 0 Å². The number of ketones is 1. The molecule has 1 fully saturated rings. The average molecular weight is 389 g/mol. The van der Waals surface area contributed by atoms with E-state index >= 15 is 0 Å². The summed E-state index contributed by atoms with van der Waals surface area (Å²) in [5.41, 5.74) is 2.03. The molecular weight excluding hydrogens is 360 g/mol. The predicted molar refractivity (Wildman–Crippen MR) is 105 cm³/mol. The van der Waals surface area contributed by atoms with Gasteiger partial charge >= 0.3 is 0 Å². The third kappa shape index (κ3) is 2.47. The summed E-state index contributed by atoms with van der Waals surface area (Å²) in [7, 11) is 8.29. The summed E-state index contributed by atoms with van der Waals surface area (Å²) in [5, 5.41) is 0. The van der Waals surface area contributed by atoms with Gasteiger partial charge in [0.1, 0.15) is 0 Å². The Bertz CT molecular complexity index is 924. The second kappa shape index (κ2) is 6.85. The Kier molecular flexibility index (Phi) is 4.31. The van der Waals surface area contributed by atoms with Gasteiger partial charge in [-0.05, 0) is 62.2 Å². The number of carbonyl (C=O) groups excluding carboxylic acids is 1. The van der Waals surface area contributed by atoms with Gasteiger partial charge < -0.3 is 18.9 Å². The number of piperidine rings is 1. The molecule has 1 heterocycles. The van der Waals surface area contributed by atoms with E-state index < -0.39 is 11.8 Å². The predicted octanol–water partition coefficient (Wildman–Crippen LogP) is 2.64. The first kappa shape index (κ1) is 17.6. The van der Waals surface area contributed by atoms with Crippen molar-refractivity contribution in [3.8, 4) is 17.2 Å². The van der Waals surface area contributed by atoms with E-state index in [4.69, 9.17) is 20.3 Å². The number of carbonyl (C=O) groups is 1. The lowest BCUT2D eigenvalue weighted by atomic mass is 9.64. The zero-order valence-electron chi connectivity index (χ0n) is 18.0. The molecule has 0 aromatic heterocycles. The van der Waals surface area contributed by atoms with Gasteiger partial charge in [-0.15, -0.1) is 0 Å². The molecule has 6 heteroatoms. The van der Waals surface area contributed by atoms with Crippen molar-refractivity contribution in [2.24, 2.45) is 0 Å². The van der Waals surface area contributed by atoms with Crippen LogP contribution in [0.3, 0.4) is 0 Å². The molecule has 0 amide bonds. The molecule has 2 bridgehead atoms. The van der Waals surface area contributed by atoms with Gasteiger partial charge in [0.05, 0.1) is 28.4 Å². The second-order valence-electron chi connectivity index (χ2n) is 7.42. The topological polar surface area (TPSA) is 57.2 Å². The molecule has 28 heavy (non-hydrogen) atoms. The van der Waals surface area contributed by atoms with Crippen molar-refractivity contribution in [1.82, 2.24) is 4.90 Å². The minimum Gasteiger partial charge on any atom is -0.493 e.